The molecule has 0 aliphatic heterocycles. The van der Waals surface area contributed by atoms with Gasteiger partial charge in [-0.2, -0.15) is 0 Å². The van der Waals surface area contributed by atoms with Crippen molar-refractivity contribution in [1.29, 1.82) is 0 Å². The number of hydrogen-bond donors (Lipinski definition) is 1. The highest BCUT2D eigenvalue weighted by Gasteiger charge is 2.39. The molecule has 1 aromatic rings. The molecule has 8 nitrogen and oxygen atoms in total. The molecule has 0 fully saturated rings. The van der Waals surface area contributed by atoms with Crippen LogP contribution in [-0.4, -0.2) is 60.4 Å². The molecule has 1 amide bonds. The van der Waals surface area contributed by atoms with Crippen molar-refractivity contribution in [3.63, 3.8) is 0 Å². The Morgan fingerprint density at radius 1 is 0.824 bits per heavy atom. The Balaban J connectivity index is 2.04. The van der Waals surface area contributed by atoms with Crippen molar-refractivity contribution in [2.24, 2.45) is 0 Å². The summed E-state index contributed by atoms with van der Waals surface area (Å²) < 4.78 is 27.8. The number of rotatable bonds is 19. The Hall–Kier alpha value is -2.20. The predicted octanol–water partition coefficient (Wildman–Crippen LogP) is 4.97. The van der Waals surface area contributed by atoms with Gasteiger partial charge in [-0.3, -0.25) is 0 Å². The molecule has 0 saturated heterocycles. The number of alkyl carbamates (subject to hydrolysis) is 1. The molecule has 9 heteroatoms. The third-order valence-corrected chi connectivity index (χ3v) is 7.90. The second kappa shape index (κ2) is 19.1. The fourth-order valence-corrected chi connectivity index (χ4v) is 5.83. The molecule has 0 atom stereocenters. The van der Waals surface area contributed by atoms with Crippen molar-refractivity contribution >= 4 is 26.9 Å². The highest BCUT2D eigenvalue weighted by Crippen LogP contribution is 2.17. The summed E-state index contributed by atoms with van der Waals surface area (Å²) in [5.74, 6) is -0.340. The minimum Gasteiger partial charge on any atom is -0.463 e. The number of amides is 1. The summed E-state index contributed by atoms with van der Waals surface area (Å²) in [5.41, 5.74) is 0.958. The lowest BCUT2D eigenvalue weighted by Gasteiger charge is -2.28. The smallest absolute Gasteiger partial charge is 0.463 e. The zero-order chi connectivity index (χ0) is 24.9. The van der Waals surface area contributed by atoms with Crippen LogP contribution >= 0.6 is 0 Å². The minimum absolute atomic E-state index is 0.340. The number of nitrogens with one attached hydrogen (secondary N) is 1. The first-order valence-electron chi connectivity index (χ1n) is 12.3. The number of unbranched alkanes of at least 4 members (excludes halogenated alkanes) is 3. The maximum absolute atomic E-state index is 11.8. The molecule has 0 saturated carbocycles. The maximum atomic E-state index is 11.8. The van der Waals surface area contributed by atoms with Crippen LogP contribution in [0.4, 0.5) is 4.79 Å². The molecule has 0 heterocycles. The van der Waals surface area contributed by atoms with E-state index in [1.165, 1.54) is 6.08 Å². The van der Waals surface area contributed by atoms with Gasteiger partial charge in [-0.05, 0) is 64.5 Å². The van der Waals surface area contributed by atoms with Crippen molar-refractivity contribution in [2.75, 3.05) is 39.6 Å². The molecular weight excluding hydrogens is 454 g/mol. The second-order valence-corrected chi connectivity index (χ2v) is 10.2. The summed E-state index contributed by atoms with van der Waals surface area (Å²) in [6.07, 6.45) is 6.80. The Labute approximate surface area is 205 Å². The average molecular weight is 496 g/mol. The summed E-state index contributed by atoms with van der Waals surface area (Å²) in [7, 11) is -2.67. The molecule has 1 N–H and O–H groups in total. The van der Waals surface area contributed by atoms with E-state index in [4.69, 9.17) is 22.8 Å². The predicted molar refractivity (Wildman–Crippen MR) is 134 cm³/mol. The number of benzene rings is 1. The van der Waals surface area contributed by atoms with Crippen LogP contribution in [0.3, 0.4) is 0 Å². The topological polar surface area (TPSA) is 92.3 Å². The van der Waals surface area contributed by atoms with Crippen LogP contribution in [0.25, 0.3) is 6.08 Å². The quantitative estimate of drug-likeness (QED) is 0.125. The van der Waals surface area contributed by atoms with Crippen molar-refractivity contribution < 1.29 is 32.3 Å². The Morgan fingerprint density at radius 3 is 2.00 bits per heavy atom. The van der Waals surface area contributed by atoms with Crippen LogP contribution in [-0.2, 0) is 27.5 Å². The third kappa shape index (κ3) is 14.1. The number of ether oxygens (including phenoxy) is 2. The molecule has 0 radical (unpaired) electrons. The molecular formula is C25H41NO7Si. The molecule has 0 aromatic heterocycles. The standard InChI is InChI=1S/C25H41NO7Si/c1-4-31-34(32-5-2,33-6-3)22-14-19-26-25(28)30-21-13-8-7-12-20-29-24(27)18-17-23-15-10-9-11-16-23/h9-11,15-18H,4-8,12-14,19-22H2,1-3H3,(H,26,28). The fraction of sp³-hybridized carbons (Fsp3) is 0.600. The van der Waals surface area contributed by atoms with Gasteiger partial charge in [0.2, 0.25) is 0 Å². The fourth-order valence-electron chi connectivity index (χ4n) is 3.22. The number of esters is 1. The van der Waals surface area contributed by atoms with Gasteiger partial charge >= 0.3 is 20.9 Å². The molecule has 0 aliphatic rings. The Kier molecular flexibility index (Phi) is 16.8. The van der Waals surface area contributed by atoms with Crippen molar-refractivity contribution in [3.05, 3.63) is 42.0 Å². The van der Waals surface area contributed by atoms with Gasteiger partial charge in [0.05, 0.1) is 13.2 Å². The van der Waals surface area contributed by atoms with Gasteiger partial charge in [0.15, 0.2) is 0 Å². The van der Waals surface area contributed by atoms with Gasteiger partial charge in [0.1, 0.15) is 0 Å². The molecule has 0 bridgehead atoms. The van der Waals surface area contributed by atoms with Crippen LogP contribution in [0.2, 0.25) is 6.04 Å². The van der Waals surface area contributed by atoms with E-state index >= 15 is 0 Å². The lowest BCUT2D eigenvalue weighted by molar-refractivity contribution is -0.137. The van der Waals surface area contributed by atoms with E-state index in [0.717, 1.165) is 31.2 Å². The monoisotopic (exact) mass is 495 g/mol. The molecule has 0 aliphatic carbocycles. The van der Waals surface area contributed by atoms with Crippen molar-refractivity contribution in [3.8, 4) is 0 Å². The SMILES string of the molecule is CCO[Si](CCCNC(=O)OCCCCCCOC(=O)C=Cc1ccccc1)(OCC)OCC. The average Bonchev–Trinajstić information content (AvgIpc) is 2.83. The second-order valence-electron chi connectivity index (χ2n) is 7.47. The normalized spacial score (nSPS) is 11.5. The van der Waals surface area contributed by atoms with Crippen LogP contribution in [0.1, 0.15) is 58.4 Å². The first-order chi connectivity index (χ1) is 16.5. The largest absolute Gasteiger partial charge is 0.500 e. The Morgan fingerprint density at radius 2 is 1.41 bits per heavy atom. The number of carbonyl (C=O) groups is 2. The Bertz CT molecular complexity index is 683. The van der Waals surface area contributed by atoms with Crippen LogP contribution in [0.5, 0.6) is 0 Å². The van der Waals surface area contributed by atoms with E-state index in [-0.39, 0.29) is 5.97 Å². The van der Waals surface area contributed by atoms with E-state index < -0.39 is 14.9 Å². The summed E-state index contributed by atoms with van der Waals surface area (Å²) in [6.45, 7) is 8.60. The van der Waals surface area contributed by atoms with Crippen LogP contribution in [0.15, 0.2) is 36.4 Å². The highest BCUT2D eigenvalue weighted by atomic mass is 28.4. The van der Waals surface area contributed by atoms with E-state index in [0.29, 0.717) is 52.0 Å². The zero-order valence-corrected chi connectivity index (χ0v) is 21.9. The number of carbonyl (C=O) groups excluding carboxylic acids is 2. The van der Waals surface area contributed by atoms with E-state index in [1.54, 1.807) is 6.08 Å². The molecule has 1 rings (SSSR count). The highest BCUT2D eigenvalue weighted by molar-refractivity contribution is 6.60. The summed E-state index contributed by atoms with van der Waals surface area (Å²) >= 11 is 0. The van der Waals surface area contributed by atoms with Gasteiger partial charge in [0, 0.05) is 38.5 Å². The first kappa shape index (κ1) is 29.8. The molecule has 0 unspecified atom stereocenters. The van der Waals surface area contributed by atoms with Crippen LogP contribution in [0, 0.1) is 0 Å². The summed E-state index contributed by atoms with van der Waals surface area (Å²) in [5, 5.41) is 2.76. The van der Waals surface area contributed by atoms with Gasteiger partial charge in [-0.25, -0.2) is 9.59 Å². The van der Waals surface area contributed by atoms with Crippen molar-refractivity contribution in [1.82, 2.24) is 5.32 Å². The van der Waals surface area contributed by atoms with Crippen LogP contribution < -0.4 is 5.32 Å². The summed E-state index contributed by atoms with van der Waals surface area (Å²) in [6, 6.07) is 10.3. The lowest BCUT2D eigenvalue weighted by atomic mass is 10.2. The third-order valence-electron chi connectivity index (χ3n) is 4.75. The van der Waals surface area contributed by atoms with Gasteiger partial charge in [-0.15, -0.1) is 0 Å². The van der Waals surface area contributed by atoms with E-state index in [2.05, 4.69) is 5.32 Å². The lowest BCUT2D eigenvalue weighted by Crippen LogP contribution is -2.46. The zero-order valence-electron chi connectivity index (χ0n) is 20.9. The first-order valence-corrected chi connectivity index (χ1v) is 14.2. The van der Waals surface area contributed by atoms with E-state index in [1.807, 2.05) is 51.1 Å². The molecule has 0 spiro atoms. The number of hydrogen-bond acceptors (Lipinski definition) is 7. The van der Waals surface area contributed by atoms with Gasteiger partial charge in [0.25, 0.3) is 0 Å². The maximum Gasteiger partial charge on any atom is 0.500 e. The van der Waals surface area contributed by atoms with Gasteiger partial charge < -0.3 is 28.1 Å². The summed E-state index contributed by atoms with van der Waals surface area (Å²) in [4.78, 5) is 23.5. The molecule has 34 heavy (non-hydrogen) atoms. The van der Waals surface area contributed by atoms with Crippen molar-refractivity contribution in [2.45, 2.75) is 58.9 Å². The minimum atomic E-state index is -2.67. The van der Waals surface area contributed by atoms with E-state index in [9.17, 15) is 9.59 Å². The molecule has 192 valence electrons. The molecule has 1 aromatic carbocycles. The van der Waals surface area contributed by atoms with Gasteiger partial charge in [-0.1, -0.05) is 30.3 Å².